The minimum Gasteiger partial charge on any atom is -0.494 e. The highest BCUT2D eigenvalue weighted by Gasteiger charge is 2.32. The van der Waals surface area contributed by atoms with Crippen LogP contribution in [0.5, 0.6) is 5.75 Å². The lowest BCUT2D eigenvalue weighted by Crippen LogP contribution is -2.54. The number of thioether (sulfide) groups is 1. The molecule has 2 rings (SSSR count). The highest BCUT2D eigenvalue weighted by Crippen LogP contribution is 2.31. The summed E-state index contributed by atoms with van der Waals surface area (Å²) in [4.78, 5) is 25.7. The van der Waals surface area contributed by atoms with Crippen LogP contribution in [0.25, 0.3) is 0 Å². The molecule has 2 atom stereocenters. The van der Waals surface area contributed by atoms with E-state index in [1.54, 1.807) is 6.92 Å². The van der Waals surface area contributed by atoms with Crippen molar-refractivity contribution in [3.05, 3.63) is 23.8 Å². The van der Waals surface area contributed by atoms with Crippen molar-refractivity contribution >= 4 is 28.5 Å². The van der Waals surface area contributed by atoms with Gasteiger partial charge in [-0.05, 0) is 36.8 Å². The second-order valence-electron chi connectivity index (χ2n) is 8.29. The van der Waals surface area contributed by atoms with E-state index in [4.69, 9.17) is 4.74 Å². The molecule has 0 saturated carbocycles. The molecule has 2 N–H and O–H groups in total. The quantitative estimate of drug-likeness (QED) is 0.548. The Bertz CT molecular complexity index is 710. The maximum atomic E-state index is 12.7. The second kappa shape index (κ2) is 12.2. The van der Waals surface area contributed by atoms with E-state index in [1.165, 1.54) is 11.8 Å². The number of carbonyl (C=O) groups excluding carboxylic acids is 2. The number of hydrogen-bond donors (Lipinski definition) is 2. The maximum Gasteiger partial charge on any atom is 0.243 e. The first kappa shape index (κ1) is 24.5. The van der Waals surface area contributed by atoms with Crippen LogP contribution < -0.4 is 15.0 Å². The molecule has 0 fully saturated rings. The van der Waals surface area contributed by atoms with Crippen molar-refractivity contribution in [2.75, 3.05) is 30.9 Å². The van der Waals surface area contributed by atoms with Crippen LogP contribution in [-0.2, 0) is 16.0 Å². The summed E-state index contributed by atoms with van der Waals surface area (Å²) in [6.45, 7) is 6.24. The van der Waals surface area contributed by atoms with Crippen molar-refractivity contribution in [2.24, 2.45) is 5.92 Å². The summed E-state index contributed by atoms with van der Waals surface area (Å²) in [7, 11) is 1.95. The molecule has 1 aromatic carbocycles. The number of anilines is 1. The third-order valence-electron chi connectivity index (χ3n) is 5.40. The third-order valence-corrected chi connectivity index (χ3v) is 6.30. The summed E-state index contributed by atoms with van der Waals surface area (Å²) >= 11 is 1.39. The summed E-state index contributed by atoms with van der Waals surface area (Å²) < 4.78 is 5.98. The lowest BCUT2D eigenvalue weighted by molar-refractivity contribution is -0.124. The van der Waals surface area contributed by atoms with Crippen molar-refractivity contribution in [3.63, 3.8) is 0 Å². The monoisotopic (exact) mass is 436 g/mol. The van der Waals surface area contributed by atoms with Gasteiger partial charge in [-0.25, -0.2) is 0 Å². The molecule has 0 spiro atoms. The molecule has 1 aliphatic rings. The average Bonchev–Trinajstić information content (AvgIpc) is 2.68. The number of aliphatic hydroxyl groups is 1. The summed E-state index contributed by atoms with van der Waals surface area (Å²) in [5, 5.41) is 12.8. The van der Waals surface area contributed by atoms with Gasteiger partial charge >= 0.3 is 0 Å². The van der Waals surface area contributed by atoms with E-state index < -0.39 is 0 Å². The Labute approximate surface area is 184 Å². The average molecular weight is 437 g/mol. The number of likely N-dealkylation sites (N-methyl/N-ethyl adjacent to an activating group) is 1. The van der Waals surface area contributed by atoms with E-state index >= 15 is 0 Å². The Morgan fingerprint density at radius 1 is 1.30 bits per heavy atom. The summed E-state index contributed by atoms with van der Waals surface area (Å²) in [6.07, 6.45) is 4.80. The zero-order chi connectivity index (χ0) is 22.1. The van der Waals surface area contributed by atoms with E-state index in [0.29, 0.717) is 13.0 Å². The third kappa shape index (κ3) is 7.20. The van der Waals surface area contributed by atoms with Crippen LogP contribution in [0.1, 0.15) is 52.0 Å². The van der Waals surface area contributed by atoms with Crippen molar-refractivity contribution in [1.82, 2.24) is 5.32 Å². The first-order valence-electron chi connectivity index (χ1n) is 10.9. The smallest absolute Gasteiger partial charge is 0.243 e. The molecule has 1 amide bonds. The number of rotatable bonds is 10. The maximum absolute atomic E-state index is 12.7. The number of aliphatic hydroxyl groups excluding tert-OH is 1. The SMILES string of the molecule is CC(=O)SCCCCCCOc1ccc2c(c1)N(C)[C@@H](C(C)C)C(=O)N[C@H](CO)C2. The summed E-state index contributed by atoms with van der Waals surface area (Å²) in [6, 6.07) is 5.44. The number of fused-ring (bicyclic) bond motifs is 1. The highest BCUT2D eigenvalue weighted by molar-refractivity contribution is 8.13. The topological polar surface area (TPSA) is 78.9 Å². The van der Waals surface area contributed by atoms with Gasteiger partial charge in [0.15, 0.2) is 5.12 Å². The lowest BCUT2D eigenvalue weighted by atomic mass is 9.95. The van der Waals surface area contributed by atoms with Gasteiger partial charge in [-0.15, -0.1) is 0 Å². The molecule has 0 saturated heterocycles. The Balaban J connectivity index is 1.98. The molecule has 1 heterocycles. The molecule has 0 bridgehead atoms. The van der Waals surface area contributed by atoms with Gasteiger partial charge in [-0.3, -0.25) is 9.59 Å². The van der Waals surface area contributed by atoms with Crippen LogP contribution in [-0.4, -0.2) is 54.2 Å². The molecule has 168 valence electrons. The van der Waals surface area contributed by atoms with E-state index in [2.05, 4.69) is 5.32 Å². The van der Waals surface area contributed by atoms with E-state index in [-0.39, 0.29) is 35.6 Å². The number of nitrogens with one attached hydrogen (secondary N) is 1. The molecule has 0 radical (unpaired) electrons. The van der Waals surface area contributed by atoms with E-state index in [1.807, 2.05) is 44.0 Å². The second-order valence-corrected chi connectivity index (χ2v) is 9.56. The van der Waals surface area contributed by atoms with Gasteiger partial charge in [-0.2, -0.15) is 0 Å². The van der Waals surface area contributed by atoms with Gasteiger partial charge in [0.2, 0.25) is 5.91 Å². The largest absolute Gasteiger partial charge is 0.494 e. The van der Waals surface area contributed by atoms with Crippen LogP contribution in [0.4, 0.5) is 5.69 Å². The van der Waals surface area contributed by atoms with Gasteiger partial charge in [0.1, 0.15) is 11.8 Å². The molecule has 0 aromatic heterocycles. The number of hydrogen-bond acceptors (Lipinski definition) is 6. The number of amides is 1. The fourth-order valence-corrected chi connectivity index (χ4v) is 4.52. The number of benzene rings is 1. The predicted octanol–water partition coefficient (Wildman–Crippen LogP) is 3.40. The van der Waals surface area contributed by atoms with Gasteiger partial charge in [-0.1, -0.05) is 44.5 Å². The number of nitrogens with zero attached hydrogens (tertiary/aromatic N) is 1. The van der Waals surface area contributed by atoms with Crippen LogP contribution in [0.15, 0.2) is 18.2 Å². The molecule has 0 unspecified atom stereocenters. The van der Waals surface area contributed by atoms with Crippen LogP contribution in [0.2, 0.25) is 0 Å². The summed E-state index contributed by atoms with van der Waals surface area (Å²) in [5.74, 6) is 1.78. The highest BCUT2D eigenvalue weighted by atomic mass is 32.2. The fraction of sp³-hybridized carbons (Fsp3) is 0.652. The molecule has 1 aromatic rings. The molecule has 1 aliphatic heterocycles. The van der Waals surface area contributed by atoms with Gasteiger partial charge in [0, 0.05) is 31.5 Å². The predicted molar refractivity (Wildman–Crippen MR) is 123 cm³/mol. The summed E-state index contributed by atoms with van der Waals surface area (Å²) in [5.41, 5.74) is 2.08. The van der Waals surface area contributed by atoms with Gasteiger partial charge < -0.3 is 20.1 Å². The van der Waals surface area contributed by atoms with Gasteiger partial charge in [0.05, 0.1) is 19.3 Å². The Hall–Kier alpha value is -1.73. The van der Waals surface area contributed by atoms with Crippen molar-refractivity contribution in [3.8, 4) is 5.75 Å². The first-order chi connectivity index (χ1) is 14.3. The lowest BCUT2D eigenvalue weighted by Gasteiger charge is -2.37. The zero-order valence-corrected chi connectivity index (χ0v) is 19.5. The normalized spacial score (nSPS) is 19.1. The molecular formula is C23H36N2O4S. The van der Waals surface area contributed by atoms with Crippen molar-refractivity contribution < 1.29 is 19.4 Å². The fourth-order valence-electron chi connectivity index (χ4n) is 3.89. The van der Waals surface area contributed by atoms with Gasteiger partial charge in [0.25, 0.3) is 0 Å². The molecular weight excluding hydrogens is 400 g/mol. The molecule has 7 heteroatoms. The van der Waals surface area contributed by atoms with Crippen LogP contribution in [0.3, 0.4) is 0 Å². The van der Waals surface area contributed by atoms with E-state index in [9.17, 15) is 14.7 Å². The number of ether oxygens (including phenoxy) is 1. The van der Waals surface area contributed by atoms with Crippen molar-refractivity contribution in [1.29, 1.82) is 0 Å². The number of unbranched alkanes of at least 4 members (excludes halogenated alkanes) is 3. The molecule has 0 aliphatic carbocycles. The molecule has 6 nitrogen and oxygen atoms in total. The minimum absolute atomic E-state index is 0.0496. The first-order valence-corrected chi connectivity index (χ1v) is 11.8. The van der Waals surface area contributed by atoms with E-state index in [0.717, 1.165) is 48.4 Å². The Morgan fingerprint density at radius 3 is 2.70 bits per heavy atom. The zero-order valence-electron chi connectivity index (χ0n) is 18.6. The number of carbonyl (C=O) groups is 2. The standard InChI is InChI=1S/C23H36N2O4S/c1-16(2)22-23(28)24-19(15-26)13-18-9-10-20(14-21(18)25(22)4)29-11-7-5-6-8-12-30-17(3)27/h9-10,14,16,19,22,26H,5-8,11-13,15H2,1-4H3,(H,24,28)/t19-,22-/m0/s1. The van der Waals surface area contributed by atoms with Crippen LogP contribution in [0, 0.1) is 5.92 Å². The Kier molecular flexibility index (Phi) is 9.98. The Morgan fingerprint density at radius 2 is 2.03 bits per heavy atom. The molecule has 30 heavy (non-hydrogen) atoms. The van der Waals surface area contributed by atoms with Crippen LogP contribution >= 0.6 is 11.8 Å². The minimum atomic E-state index is -0.304. The van der Waals surface area contributed by atoms with Crippen molar-refractivity contribution in [2.45, 2.75) is 65.0 Å².